The van der Waals surface area contributed by atoms with Gasteiger partial charge in [0.2, 0.25) is 0 Å². The van der Waals surface area contributed by atoms with E-state index >= 15 is 0 Å². The molecule has 0 aromatic heterocycles. The van der Waals surface area contributed by atoms with Crippen molar-refractivity contribution in [3.63, 3.8) is 0 Å². The van der Waals surface area contributed by atoms with Crippen molar-refractivity contribution in [2.75, 3.05) is 6.54 Å². The summed E-state index contributed by atoms with van der Waals surface area (Å²) in [5.41, 5.74) is 3.64. The van der Waals surface area contributed by atoms with E-state index in [0.29, 0.717) is 5.56 Å². The molecule has 0 radical (unpaired) electrons. The van der Waals surface area contributed by atoms with Crippen LogP contribution in [0.1, 0.15) is 17.5 Å². The van der Waals surface area contributed by atoms with Crippen LogP contribution < -0.4 is 4.72 Å². The second-order valence-electron chi connectivity index (χ2n) is 6.81. The van der Waals surface area contributed by atoms with Crippen molar-refractivity contribution < 1.29 is 17.9 Å². The zero-order valence-electron chi connectivity index (χ0n) is 16.1. The molecule has 1 N–H and O–H groups in total. The molecule has 1 heterocycles. The Balaban J connectivity index is 1.29. The van der Waals surface area contributed by atoms with E-state index in [9.17, 15) is 13.2 Å². The van der Waals surface area contributed by atoms with Crippen molar-refractivity contribution in [3.8, 4) is 11.1 Å². The van der Waals surface area contributed by atoms with Gasteiger partial charge in [-0.15, -0.1) is 0 Å². The lowest BCUT2D eigenvalue weighted by Gasteiger charge is -2.06. The summed E-state index contributed by atoms with van der Waals surface area (Å²) in [6.07, 6.45) is 0.0650. The SMILES string of the molecule is O=C(CCN=C1NS(=O)(=O)c2ccccc21)OCc1ccc(-c2ccccc2)cc1. The molecule has 1 aliphatic heterocycles. The number of amidine groups is 1. The lowest BCUT2D eigenvalue weighted by atomic mass is 10.0. The fourth-order valence-electron chi connectivity index (χ4n) is 3.17. The molecular formula is C23H20N2O4S. The fraction of sp³-hybridized carbons (Fsp3) is 0.130. The number of esters is 1. The number of nitrogens with zero attached hydrogens (tertiary/aromatic N) is 1. The van der Waals surface area contributed by atoms with Gasteiger partial charge < -0.3 is 4.74 Å². The van der Waals surface area contributed by atoms with Gasteiger partial charge in [-0.2, -0.15) is 0 Å². The molecule has 152 valence electrons. The van der Waals surface area contributed by atoms with Crippen LogP contribution in [0.3, 0.4) is 0 Å². The van der Waals surface area contributed by atoms with Gasteiger partial charge in [-0.25, -0.2) is 8.42 Å². The molecule has 7 heteroatoms. The van der Waals surface area contributed by atoms with Crippen molar-refractivity contribution in [2.24, 2.45) is 4.99 Å². The number of aliphatic imine (C=N–C) groups is 1. The third-order valence-electron chi connectivity index (χ3n) is 4.71. The number of carbonyl (C=O) groups excluding carboxylic acids is 1. The summed E-state index contributed by atoms with van der Waals surface area (Å²) in [6, 6.07) is 24.5. The zero-order valence-corrected chi connectivity index (χ0v) is 16.9. The third kappa shape index (κ3) is 4.41. The highest BCUT2D eigenvalue weighted by atomic mass is 32.2. The zero-order chi connectivity index (χ0) is 21.0. The van der Waals surface area contributed by atoms with E-state index < -0.39 is 10.0 Å². The van der Waals surface area contributed by atoms with E-state index in [-0.39, 0.29) is 36.3 Å². The smallest absolute Gasteiger partial charge is 0.308 e. The lowest BCUT2D eigenvalue weighted by molar-refractivity contribution is -0.144. The molecule has 0 amide bonds. The van der Waals surface area contributed by atoms with Crippen molar-refractivity contribution in [2.45, 2.75) is 17.9 Å². The van der Waals surface area contributed by atoms with E-state index in [0.717, 1.165) is 16.7 Å². The summed E-state index contributed by atoms with van der Waals surface area (Å²) in [5.74, 6) is -0.129. The highest BCUT2D eigenvalue weighted by Gasteiger charge is 2.29. The number of carbonyl (C=O) groups is 1. The first-order valence-electron chi connectivity index (χ1n) is 9.49. The van der Waals surface area contributed by atoms with E-state index in [1.54, 1.807) is 18.2 Å². The number of sulfonamides is 1. The van der Waals surface area contributed by atoms with Gasteiger partial charge in [0.1, 0.15) is 12.4 Å². The van der Waals surface area contributed by atoms with Crippen LogP contribution >= 0.6 is 0 Å². The Labute approximate surface area is 175 Å². The van der Waals surface area contributed by atoms with Gasteiger partial charge in [-0.1, -0.05) is 66.7 Å². The highest BCUT2D eigenvalue weighted by molar-refractivity contribution is 7.90. The number of hydrogen-bond acceptors (Lipinski definition) is 5. The largest absolute Gasteiger partial charge is 0.461 e. The maximum atomic E-state index is 12.1. The van der Waals surface area contributed by atoms with Crippen LogP contribution in [-0.2, 0) is 26.2 Å². The fourth-order valence-corrected chi connectivity index (χ4v) is 4.42. The maximum absolute atomic E-state index is 12.1. The Hall–Kier alpha value is -3.45. The Kier molecular flexibility index (Phi) is 5.63. The van der Waals surface area contributed by atoms with Crippen LogP contribution in [0.4, 0.5) is 0 Å². The van der Waals surface area contributed by atoms with Crippen molar-refractivity contribution in [3.05, 3.63) is 90.0 Å². The monoisotopic (exact) mass is 420 g/mol. The maximum Gasteiger partial charge on any atom is 0.308 e. The number of ether oxygens (including phenoxy) is 1. The quantitative estimate of drug-likeness (QED) is 0.619. The van der Waals surface area contributed by atoms with Crippen LogP contribution in [0.15, 0.2) is 88.8 Å². The summed E-state index contributed by atoms with van der Waals surface area (Å²) in [4.78, 5) is 16.4. The number of benzene rings is 3. The van der Waals surface area contributed by atoms with Gasteiger partial charge >= 0.3 is 5.97 Å². The van der Waals surface area contributed by atoms with Crippen LogP contribution in [0.2, 0.25) is 0 Å². The second kappa shape index (κ2) is 8.51. The molecule has 0 spiro atoms. The van der Waals surface area contributed by atoms with E-state index in [1.165, 1.54) is 6.07 Å². The normalized spacial score (nSPS) is 15.4. The van der Waals surface area contributed by atoms with Gasteiger partial charge in [0.25, 0.3) is 10.0 Å². The first-order chi connectivity index (χ1) is 14.5. The topological polar surface area (TPSA) is 84.8 Å². The molecule has 4 rings (SSSR count). The summed E-state index contributed by atoms with van der Waals surface area (Å²) in [7, 11) is -3.57. The molecule has 30 heavy (non-hydrogen) atoms. The Morgan fingerprint density at radius 1 is 0.867 bits per heavy atom. The molecule has 3 aromatic carbocycles. The summed E-state index contributed by atoms with van der Waals surface area (Å²) >= 11 is 0. The van der Waals surface area contributed by atoms with Gasteiger partial charge in [0, 0.05) is 5.56 Å². The van der Waals surface area contributed by atoms with Gasteiger partial charge in [0.15, 0.2) is 0 Å². The van der Waals surface area contributed by atoms with Crippen LogP contribution in [0, 0.1) is 0 Å². The standard InChI is InChI=1S/C23H20N2O4S/c26-22(14-15-24-23-20-8-4-5-9-21(20)30(27,28)25-23)29-16-17-10-12-19(13-11-17)18-6-2-1-3-7-18/h1-13H,14-16H2,(H,24,25). The van der Waals surface area contributed by atoms with Gasteiger partial charge in [-0.3, -0.25) is 14.5 Å². The molecule has 0 fully saturated rings. The molecule has 0 atom stereocenters. The average molecular weight is 420 g/mol. The van der Waals surface area contributed by atoms with Crippen molar-refractivity contribution in [1.29, 1.82) is 0 Å². The molecule has 0 saturated heterocycles. The first kappa shape index (κ1) is 19.8. The third-order valence-corrected chi connectivity index (χ3v) is 6.11. The molecule has 1 aliphatic rings. The minimum Gasteiger partial charge on any atom is -0.461 e. The van der Waals surface area contributed by atoms with Crippen LogP contribution in [-0.4, -0.2) is 26.8 Å². The molecular weight excluding hydrogens is 400 g/mol. The summed E-state index contributed by atoms with van der Waals surface area (Å²) in [6.45, 7) is 0.317. The summed E-state index contributed by atoms with van der Waals surface area (Å²) < 4.78 is 31.8. The predicted molar refractivity (Wildman–Crippen MR) is 114 cm³/mol. The number of rotatable bonds is 6. The number of fused-ring (bicyclic) bond motifs is 1. The first-order valence-corrected chi connectivity index (χ1v) is 11.0. The molecule has 0 bridgehead atoms. The Morgan fingerprint density at radius 2 is 1.53 bits per heavy atom. The van der Waals surface area contributed by atoms with Crippen molar-refractivity contribution >= 4 is 21.8 Å². The molecule has 0 saturated carbocycles. The average Bonchev–Trinajstić information content (AvgIpc) is 3.04. The van der Waals surface area contributed by atoms with Crippen LogP contribution in [0.25, 0.3) is 11.1 Å². The predicted octanol–water partition coefficient (Wildman–Crippen LogP) is 3.53. The molecule has 6 nitrogen and oxygen atoms in total. The Morgan fingerprint density at radius 3 is 2.30 bits per heavy atom. The van der Waals surface area contributed by atoms with Gasteiger partial charge in [0.05, 0.1) is 17.9 Å². The van der Waals surface area contributed by atoms with E-state index in [4.69, 9.17) is 4.74 Å². The lowest BCUT2D eigenvalue weighted by Crippen LogP contribution is -2.22. The number of nitrogens with one attached hydrogen (secondary N) is 1. The molecule has 0 unspecified atom stereocenters. The molecule has 3 aromatic rings. The molecule has 0 aliphatic carbocycles. The summed E-state index contributed by atoms with van der Waals surface area (Å²) in [5, 5.41) is 0. The second-order valence-corrected chi connectivity index (χ2v) is 8.46. The van der Waals surface area contributed by atoms with Crippen LogP contribution in [0.5, 0.6) is 0 Å². The van der Waals surface area contributed by atoms with Crippen molar-refractivity contribution in [1.82, 2.24) is 4.72 Å². The van der Waals surface area contributed by atoms with Gasteiger partial charge in [-0.05, 0) is 28.8 Å². The minimum atomic E-state index is -3.57. The number of hydrogen-bond donors (Lipinski definition) is 1. The minimum absolute atomic E-state index is 0.0650. The van der Waals surface area contributed by atoms with E-state index in [2.05, 4.69) is 9.71 Å². The van der Waals surface area contributed by atoms with E-state index in [1.807, 2.05) is 54.6 Å². The Bertz CT molecular complexity index is 1190. The highest BCUT2D eigenvalue weighted by Crippen LogP contribution is 2.22.